The number of hydrogen-bond donors (Lipinski definition) is 1. The summed E-state index contributed by atoms with van der Waals surface area (Å²) in [4.78, 5) is 12.3. The number of methoxy groups -OCH3 is 1. The Kier molecular flexibility index (Phi) is 3.70. The van der Waals surface area contributed by atoms with Crippen molar-refractivity contribution in [2.45, 2.75) is 32.6 Å². The monoisotopic (exact) mass is 286 g/mol. The third kappa shape index (κ3) is 2.55. The molecule has 0 unspecified atom stereocenters. The molecule has 0 saturated heterocycles. The number of carbonyl (C=O) groups is 1. The van der Waals surface area contributed by atoms with Gasteiger partial charge in [-0.2, -0.15) is 5.10 Å². The van der Waals surface area contributed by atoms with Gasteiger partial charge in [-0.25, -0.2) is 5.43 Å². The first-order chi connectivity index (χ1) is 10.2. The predicted molar refractivity (Wildman–Crippen MR) is 82.3 cm³/mol. The van der Waals surface area contributed by atoms with Gasteiger partial charge >= 0.3 is 0 Å². The largest absolute Gasteiger partial charge is 0.496 e. The third-order valence-electron chi connectivity index (χ3n) is 5.13. The molecule has 2 aliphatic carbocycles. The molecule has 4 heteroatoms. The lowest BCUT2D eigenvalue weighted by atomic mass is 9.90. The maximum absolute atomic E-state index is 12.3. The average Bonchev–Trinajstić information content (AvgIpc) is 3.13. The van der Waals surface area contributed by atoms with Crippen LogP contribution in [0.4, 0.5) is 0 Å². The van der Waals surface area contributed by atoms with Crippen molar-refractivity contribution >= 4 is 12.1 Å². The summed E-state index contributed by atoms with van der Waals surface area (Å²) in [6.45, 7) is 2.24. The molecule has 4 nitrogen and oxygen atoms in total. The van der Waals surface area contributed by atoms with Crippen LogP contribution in [0, 0.1) is 17.3 Å². The Labute approximate surface area is 125 Å². The van der Waals surface area contributed by atoms with E-state index in [4.69, 9.17) is 4.74 Å². The molecule has 112 valence electrons. The van der Waals surface area contributed by atoms with E-state index in [1.807, 2.05) is 24.3 Å². The van der Waals surface area contributed by atoms with Gasteiger partial charge in [-0.05, 0) is 36.3 Å². The van der Waals surface area contributed by atoms with E-state index in [0.717, 1.165) is 11.3 Å². The van der Waals surface area contributed by atoms with E-state index in [1.165, 1.54) is 25.7 Å². The third-order valence-corrected chi connectivity index (χ3v) is 5.13. The van der Waals surface area contributed by atoms with Crippen LogP contribution >= 0.6 is 0 Å². The van der Waals surface area contributed by atoms with Crippen molar-refractivity contribution in [2.75, 3.05) is 7.11 Å². The number of fused-ring (bicyclic) bond motifs is 1. The van der Waals surface area contributed by atoms with Gasteiger partial charge in [0.25, 0.3) is 0 Å². The second-order valence-corrected chi connectivity index (χ2v) is 6.31. The fourth-order valence-electron chi connectivity index (χ4n) is 3.86. The molecule has 1 aromatic carbocycles. The van der Waals surface area contributed by atoms with Gasteiger partial charge in [-0.3, -0.25) is 4.79 Å². The van der Waals surface area contributed by atoms with E-state index >= 15 is 0 Å². The molecule has 0 spiro atoms. The second-order valence-electron chi connectivity index (χ2n) is 6.31. The second kappa shape index (κ2) is 5.51. The Balaban J connectivity index is 1.60. The molecule has 0 aromatic heterocycles. The van der Waals surface area contributed by atoms with Crippen LogP contribution in [0.2, 0.25) is 0 Å². The van der Waals surface area contributed by atoms with Crippen LogP contribution in [0.5, 0.6) is 5.75 Å². The molecule has 2 fully saturated rings. The van der Waals surface area contributed by atoms with Crippen molar-refractivity contribution < 1.29 is 9.53 Å². The van der Waals surface area contributed by atoms with Crippen molar-refractivity contribution in [3.05, 3.63) is 29.8 Å². The Bertz CT molecular complexity index is 570. The van der Waals surface area contributed by atoms with Crippen molar-refractivity contribution in [2.24, 2.45) is 22.4 Å². The predicted octanol–water partition coefficient (Wildman–Crippen LogP) is 2.97. The maximum Gasteiger partial charge on any atom is 0.244 e. The summed E-state index contributed by atoms with van der Waals surface area (Å²) in [7, 11) is 1.63. The van der Waals surface area contributed by atoms with Crippen LogP contribution in [0.3, 0.4) is 0 Å². The molecular weight excluding hydrogens is 264 g/mol. The first-order valence-electron chi connectivity index (χ1n) is 7.63. The Morgan fingerprint density at radius 3 is 2.95 bits per heavy atom. The summed E-state index contributed by atoms with van der Waals surface area (Å²) in [6, 6.07) is 7.61. The van der Waals surface area contributed by atoms with E-state index < -0.39 is 0 Å². The zero-order valence-corrected chi connectivity index (χ0v) is 12.6. The van der Waals surface area contributed by atoms with Crippen LogP contribution in [0.1, 0.15) is 38.2 Å². The van der Waals surface area contributed by atoms with Gasteiger partial charge in [0.05, 0.1) is 13.3 Å². The van der Waals surface area contributed by atoms with E-state index in [2.05, 4.69) is 17.5 Å². The molecule has 0 heterocycles. The fraction of sp³-hybridized carbons (Fsp3) is 0.529. The molecule has 0 aliphatic heterocycles. The van der Waals surface area contributed by atoms with Gasteiger partial charge in [0.2, 0.25) is 5.91 Å². The minimum Gasteiger partial charge on any atom is -0.496 e. The molecular formula is C17H22N2O2. The normalized spacial score (nSPS) is 30.8. The highest BCUT2D eigenvalue weighted by molar-refractivity contribution is 5.87. The van der Waals surface area contributed by atoms with Crippen molar-refractivity contribution in [3.63, 3.8) is 0 Å². The molecule has 21 heavy (non-hydrogen) atoms. The lowest BCUT2D eigenvalue weighted by Crippen LogP contribution is -2.22. The molecule has 1 aromatic rings. The smallest absolute Gasteiger partial charge is 0.244 e. The van der Waals surface area contributed by atoms with Crippen molar-refractivity contribution in [1.29, 1.82) is 0 Å². The fourth-order valence-corrected chi connectivity index (χ4v) is 3.86. The molecule has 2 aliphatic rings. The van der Waals surface area contributed by atoms with Crippen molar-refractivity contribution in [1.82, 2.24) is 5.43 Å². The average molecular weight is 286 g/mol. The molecule has 0 radical (unpaired) electrons. The number of amides is 1. The molecule has 1 N–H and O–H groups in total. The highest BCUT2D eigenvalue weighted by Crippen LogP contribution is 2.66. The summed E-state index contributed by atoms with van der Waals surface area (Å²) in [5.41, 5.74) is 3.79. The standard InChI is InChI=1S/C17H22N2O2/c1-17-10-6-5-8-13(17)15(17)16(20)19-18-11-12-7-3-4-9-14(12)21-2/h3-4,7,9,11,13,15H,5-6,8,10H2,1-2H3,(H,19,20)/b18-11-/t13-,15-,17-/m0/s1. The number of nitrogens with zero attached hydrogens (tertiary/aromatic N) is 1. The quantitative estimate of drug-likeness (QED) is 0.683. The van der Waals surface area contributed by atoms with Crippen LogP contribution in [-0.4, -0.2) is 19.2 Å². The summed E-state index contributed by atoms with van der Waals surface area (Å²) >= 11 is 0. The number of para-hydroxylation sites is 1. The molecule has 2 saturated carbocycles. The van der Waals surface area contributed by atoms with Gasteiger partial charge < -0.3 is 4.74 Å². The Morgan fingerprint density at radius 2 is 2.24 bits per heavy atom. The summed E-state index contributed by atoms with van der Waals surface area (Å²) in [6.07, 6.45) is 6.51. The first-order valence-corrected chi connectivity index (χ1v) is 7.63. The van der Waals surface area contributed by atoms with Gasteiger partial charge in [-0.1, -0.05) is 31.9 Å². The number of carbonyl (C=O) groups excluding carboxylic acids is 1. The van der Waals surface area contributed by atoms with Gasteiger partial charge in [-0.15, -0.1) is 0 Å². The lowest BCUT2D eigenvalue weighted by Gasteiger charge is -2.15. The first kappa shape index (κ1) is 14.1. The number of ether oxygens (including phenoxy) is 1. The highest BCUT2D eigenvalue weighted by Gasteiger charge is 2.64. The SMILES string of the molecule is COc1ccccc1/C=N\NC(=O)[C@@H]1[C@@H]2CCCC[C@]12C. The minimum atomic E-state index is 0.0653. The summed E-state index contributed by atoms with van der Waals surface area (Å²) in [5.74, 6) is 1.53. The van der Waals surface area contributed by atoms with E-state index in [0.29, 0.717) is 5.92 Å². The van der Waals surface area contributed by atoms with Crippen molar-refractivity contribution in [3.8, 4) is 5.75 Å². The van der Waals surface area contributed by atoms with Crippen LogP contribution in [0.25, 0.3) is 0 Å². The zero-order chi connectivity index (χ0) is 14.9. The number of hydrogen-bond acceptors (Lipinski definition) is 3. The molecule has 3 atom stereocenters. The minimum absolute atomic E-state index is 0.0653. The zero-order valence-electron chi connectivity index (χ0n) is 12.6. The maximum atomic E-state index is 12.3. The lowest BCUT2D eigenvalue weighted by molar-refractivity contribution is -0.123. The van der Waals surface area contributed by atoms with E-state index in [-0.39, 0.29) is 17.2 Å². The summed E-state index contributed by atoms with van der Waals surface area (Å²) < 4.78 is 5.25. The van der Waals surface area contributed by atoms with E-state index in [9.17, 15) is 4.79 Å². The highest BCUT2D eigenvalue weighted by atomic mass is 16.5. The topological polar surface area (TPSA) is 50.7 Å². The van der Waals surface area contributed by atoms with Gasteiger partial charge in [0, 0.05) is 11.5 Å². The molecule has 3 rings (SSSR count). The number of nitrogens with one attached hydrogen (secondary N) is 1. The van der Waals surface area contributed by atoms with Crippen LogP contribution in [-0.2, 0) is 4.79 Å². The van der Waals surface area contributed by atoms with Crippen LogP contribution in [0.15, 0.2) is 29.4 Å². The van der Waals surface area contributed by atoms with Gasteiger partial charge in [0.1, 0.15) is 5.75 Å². The van der Waals surface area contributed by atoms with Gasteiger partial charge in [0.15, 0.2) is 0 Å². The Morgan fingerprint density at radius 1 is 1.43 bits per heavy atom. The number of rotatable bonds is 4. The summed E-state index contributed by atoms with van der Waals surface area (Å²) in [5, 5.41) is 4.10. The van der Waals surface area contributed by atoms with Crippen LogP contribution < -0.4 is 10.2 Å². The Hall–Kier alpha value is -1.84. The number of benzene rings is 1. The molecule has 1 amide bonds. The van der Waals surface area contributed by atoms with E-state index in [1.54, 1.807) is 13.3 Å². The molecule has 0 bridgehead atoms. The number of hydrazone groups is 1.